The molecule has 3 aromatic carbocycles. The highest BCUT2D eigenvalue weighted by atomic mass is 32.1. The Bertz CT molecular complexity index is 2160. The number of ether oxygens (including phenoxy) is 2. The highest BCUT2D eigenvalue weighted by molar-refractivity contribution is 7.09. The Hall–Kier alpha value is -5.83. The van der Waals surface area contributed by atoms with Crippen LogP contribution in [0.2, 0.25) is 0 Å². The van der Waals surface area contributed by atoms with Gasteiger partial charge in [-0.1, -0.05) is 54.6 Å². The Morgan fingerprint density at radius 3 is 2.33 bits per heavy atom. The third-order valence-electron chi connectivity index (χ3n) is 8.75. The molecule has 3 heterocycles. The summed E-state index contributed by atoms with van der Waals surface area (Å²) in [4.78, 5) is 60.8. The molecule has 6 aromatic rings. The lowest BCUT2D eigenvalue weighted by molar-refractivity contribution is -0.139. The molecule has 0 fully saturated rings. The number of nitrogens with one attached hydrogen (secondary N) is 6. The van der Waals surface area contributed by atoms with E-state index in [0.29, 0.717) is 18.6 Å². The van der Waals surface area contributed by atoms with E-state index in [9.17, 15) is 19.2 Å². The molecule has 0 aliphatic heterocycles. The van der Waals surface area contributed by atoms with E-state index in [4.69, 9.17) is 4.74 Å². The summed E-state index contributed by atoms with van der Waals surface area (Å²) in [6.45, 7) is 2.95. The molecular formula is C40H45N7O6S. The maximum atomic E-state index is 13.8. The first-order valence-electron chi connectivity index (χ1n) is 17.4. The predicted molar refractivity (Wildman–Crippen MR) is 210 cm³/mol. The fourth-order valence-electron chi connectivity index (χ4n) is 5.93. The minimum absolute atomic E-state index is 0.0800. The smallest absolute Gasteiger partial charge is 0.319 e. The van der Waals surface area contributed by atoms with Crippen LogP contribution >= 0.6 is 11.3 Å². The van der Waals surface area contributed by atoms with Crippen LogP contribution < -0.4 is 26.0 Å². The molecule has 0 aliphatic carbocycles. The minimum Gasteiger partial charge on any atom is -0.496 e. The number of nitrogens with zero attached hydrogens (tertiary/aromatic N) is 1. The number of methoxy groups -OCH3 is 2. The molecule has 3 aromatic heterocycles. The van der Waals surface area contributed by atoms with E-state index < -0.39 is 23.9 Å². The number of carbonyl (C=O) groups is 4. The molecule has 0 bridgehead atoms. The lowest BCUT2D eigenvalue weighted by atomic mass is 10.0. The van der Waals surface area contributed by atoms with E-state index in [0.717, 1.165) is 43.5 Å². The van der Waals surface area contributed by atoms with Crippen molar-refractivity contribution in [1.82, 2.24) is 36.2 Å². The quantitative estimate of drug-likeness (QED) is 0.0609. The SMILES string of the molecule is CNCC(=O)OC.COc1cccc2[nH]cc(CC(C=O)NC(=O)C(Cc3c[nH]c4ccccc34)NC(=O)c3csc(C(C)NCc4ccccc4)n3)c12. The third kappa shape index (κ3) is 10.2. The zero-order chi connectivity index (χ0) is 38.5. The number of amides is 2. The first-order chi connectivity index (χ1) is 26.2. The predicted octanol–water partition coefficient (Wildman–Crippen LogP) is 4.61. The minimum atomic E-state index is -0.972. The monoisotopic (exact) mass is 751 g/mol. The van der Waals surface area contributed by atoms with Crippen molar-refractivity contribution in [3.63, 3.8) is 0 Å². The van der Waals surface area contributed by atoms with E-state index >= 15 is 0 Å². The van der Waals surface area contributed by atoms with Crippen LogP contribution in [0.25, 0.3) is 21.8 Å². The van der Waals surface area contributed by atoms with Gasteiger partial charge in [-0.2, -0.15) is 0 Å². The summed E-state index contributed by atoms with van der Waals surface area (Å²) in [5.41, 5.74) is 4.87. The standard InChI is InChI=1S/C36H36N6O4S.C4H9NO2/c1-22(37-17-23-9-4-3-5-10-23)36-42-31(21-47-36)35(45)41-30(16-24-18-38-28-12-7-6-11-27(24)28)34(44)40-26(20-43)15-25-19-39-29-13-8-14-32(46-2)33(25)29;1-5-3-4(6)7-2/h3-14,18-22,26,30,37-39H,15-17H2,1-2H3,(H,40,44)(H,41,45);5H,3H2,1-2H3. The molecule has 14 heteroatoms. The summed E-state index contributed by atoms with van der Waals surface area (Å²) in [7, 11) is 4.65. The van der Waals surface area contributed by atoms with E-state index in [1.54, 1.807) is 19.5 Å². The molecule has 0 saturated heterocycles. The van der Waals surface area contributed by atoms with Crippen LogP contribution in [0.1, 0.15) is 45.2 Å². The number of thiazole rings is 1. The number of aromatic nitrogens is 3. The molecule has 6 N–H and O–H groups in total. The van der Waals surface area contributed by atoms with Gasteiger partial charge in [-0.15, -0.1) is 11.3 Å². The summed E-state index contributed by atoms with van der Waals surface area (Å²) >= 11 is 1.38. The Kier molecular flexibility index (Phi) is 14.1. The van der Waals surface area contributed by atoms with Gasteiger partial charge in [0.25, 0.3) is 5.91 Å². The first-order valence-corrected chi connectivity index (χ1v) is 18.3. The molecule has 13 nitrogen and oxygen atoms in total. The average Bonchev–Trinajstić information content (AvgIpc) is 3.96. The molecule has 282 valence electrons. The van der Waals surface area contributed by atoms with Crippen LogP contribution in [0.3, 0.4) is 0 Å². The van der Waals surface area contributed by atoms with Gasteiger partial charge in [0.15, 0.2) is 0 Å². The highest BCUT2D eigenvalue weighted by Gasteiger charge is 2.27. The van der Waals surface area contributed by atoms with E-state index in [2.05, 4.69) is 41.0 Å². The summed E-state index contributed by atoms with van der Waals surface area (Å²) in [5, 5.41) is 16.1. The van der Waals surface area contributed by atoms with Crippen LogP contribution in [0.5, 0.6) is 5.75 Å². The number of carbonyl (C=O) groups excluding carboxylic acids is 4. The number of benzene rings is 3. The molecule has 0 radical (unpaired) electrons. The number of hydrogen-bond donors (Lipinski definition) is 6. The second-order valence-electron chi connectivity index (χ2n) is 12.5. The number of para-hydroxylation sites is 1. The Balaban J connectivity index is 0.000000730. The lowest BCUT2D eigenvalue weighted by Gasteiger charge is -2.21. The highest BCUT2D eigenvalue weighted by Crippen LogP contribution is 2.29. The fourth-order valence-corrected chi connectivity index (χ4v) is 6.76. The van der Waals surface area contributed by atoms with Crippen molar-refractivity contribution in [3.8, 4) is 5.75 Å². The van der Waals surface area contributed by atoms with Gasteiger partial charge in [-0.05, 0) is 48.9 Å². The number of aldehydes is 1. The second-order valence-corrected chi connectivity index (χ2v) is 13.4. The summed E-state index contributed by atoms with van der Waals surface area (Å²) in [6, 6.07) is 21.6. The van der Waals surface area contributed by atoms with Crippen molar-refractivity contribution in [2.45, 2.75) is 44.4 Å². The van der Waals surface area contributed by atoms with Gasteiger partial charge in [0.05, 0.1) is 32.8 Å². The number of esters is 1. The van der Waals surface area contributed by atoms with Gasteiger partial charge >= 0.3 is 5.97 Å². The topological polar surface area (TPSA) is 179 Å². The molecule has 0 aliphatic rings. The Morgan fingerprint density at radius 2 is 1.61 bits per heavy atom. The molecule has 6 rings (SSSR count). The van der Waals surface area contributed by atoms with Crippen molar-refractivity contribution < 1.29 is 28.7 Å². The van der Waals surface area contributed by atoms with E-state index in [1.807, 2.05) is 92.1 Å². The normalized spacial score (nSPS) is 12.6. The van der Waals surface area contributed by atoms with Gasteiger partial charge in [0, 0.05) is 59.0 Å². The number of fused-ring (bicyclic) bond motifs is 2. The number of rotatable bonds is 16. The molecule has 3 atom stereocenters. The average molecular weight is 752 g/mol. The lowest BCUT2D eigenvalue weighted by Crippen LogP contribution is -2.51. The van der Waals surface area contributed by atoms with Gasteiger partial charge in [-0.3, -0.25) is 14.4 Å². The van der Waals surface area contributed by atoms with Crippen molar-refractivity contribution in [3.05, 3.63) is 118 Å². The maximum Gasteiger partial charge on any atom is 0.319 e. The second kappa shape index (κ2) is 19.3. The van der Waals surface area contributed by atoms with Crippen LogP contribution in [-0.4, -0.2) is 78.9 Å². The molecule has 3 unspecified atom stereocenters. The zero-order valence-corrected chi connectivity index (χ0v) is 31.4. The maximum absolute atomic E-state index is 13.8. The van der Waals surface area contributed by atoms with Gasteiger partial charge in [0.1, 0.15) is 28.8 Å². The number of aromatic amines is 2. The van der Waals surface area contributed by atoms with Crippen molar-refractivity contribution >= 4 is 57.2 Å². The third-order valence-corrected chi connectivity index (χ3v) is 9.78. The molecule has 54 heavy (non-hydrogen) atoms. The molecule has 2 amide bonds. The molecule has 0 spiro atoms. The summed E-state index contributed by atoms with van der Waals surface area (Å²) in [5.74, 6) is -0.499. The number of H-pyrrole nitrogens is 2. The van der Waals surface area contributed by atoms with E-state index in [1.165, 1.54) is 18.4 Å². The van der Waals surface area contributed by atoms with Crippen LogP contribution in [0.4, 0.5) is 0 Å². The van der Waals surface area contributed by atoms with Gasteiger partial charge < -0.3 is 45.5 Å². The number of hydrogen-bond acceptors (Lipinski definition) is 10. The Morgan fingerprint density at radius 1 is 0.889 bits per heavy atom. The van der Waals surface area contributed by atoms with Crippen LogP contribution in [-0.2, 0) is 38.5 Å². The largest absolute Gasteiger partial charge is 0.496 e. The summed E-state index contributed by atoms with van der Waals surface area (Å²) < 4.78 is 9.82. The molecule has 0 saturated carbocycles. The molecular weight excluding hydrogens is 707 g/mol. The van der Waals surface area contributed by atoms with Crippen molar-refractivity contribution in [2.24, 2.45) is 0 Å². The van der Waals surface area contributed by atoms with E-state index in [-0.39, 0.29) is 37.1 Å². The van der Waals surface area contributed by atoms with Gasteiger partial charge in [0.2, 0.25) is 5.91 Å². The first kappa shape index (κ1) is 39.4. The number of likely N-dealkylation sites (N-methyl/N-ethyl adjacent to an activating group) is 1. The van der Waals surface area contributed by atoms with Crippen molar-refractivity contribution in [1.29, 1.82) is 0 Å². The Labute approximate surface area is 317 Å². The van der Waals surface area contributed by atoms with Crippen molar-refractivity contribution in [2.75, 3.05) is 27.8 Å². The summed E-state index contributed by atoms with van der Waals surface area (Å²) in [6.07, 6.45) is 4.82. The van der Waals surface area contributed by atoms with Gasteiger partial charge in [-0.25, -0.2) is 4.98 Å². The zero-order valence-electron chi connectivity index (χ0n) is 30.6. The van der Waals surface area contributed by atoms with Crippen LogP contribution in [0.15, 0.2) is 90.6 Å². The van der Waals surface area contributed by atoms with Crippen LogP contribution in [0, 0.1) is 0 Å². The fraction of sp³-hybridized carbons (Fsp3) is 0.275.